The lowest BCUT2D eigenvalue weighted by Gasteiger charge is -2.17. The Hall–Kier alpha value is 0. The van der Waals surface area contributed by atoms with Crippen molar-refractivity contribution in [2.24, 2.45) is 5.73 Å². The van der Waals surface area contributed by atoms with Crippen molar-refractivity contribution >= 4 is 30.0 Å². The van der Waals surface area contributed by atoms with E-state index in [-0.39, 0.29) is 30.0 Å². The minimum absolute atomic E-state index is 0. The van der Waals surface area contributed by atoms with Crippen molar-refractivity contribution in [3.8, 4) is 0 Å². The van der Waals surface area contributed by atoms with Crippen LogP contribution in [0.15, 0.2) is 0 Å². The Morgan fingerprint density at radius 2 is 1.64 bits per heavy atom. The minimum atomic E-state index is -0.302. The molecule has 0 spiro atoms. The van der Waals surface area contributed by atoms with Crippen LogP contribution in [0.4, 0.5) is 4.79 Å². The van der Waals surface area contributed by atoms with Gasteiger partial charge in [0.2, 0.25) is 0 Å². The lowest BCUT2D eigenvalue weighted by Crippen LogP contribution is -2.36. The molecule has 0 saturated carbocycles. The van der Waals surface area contributed by atoms with Gasteiger partial charge in [0.25, 0.3) is 0 Å². The molecule has 0 aromatic rings. The maximum absolute atomic E-state index is 10.6. The van der Waals surface area contributed by atoms with Crippen molar-refractivity contribution in [1.82, 2.24) is 4.90 Å². The van der Waals surface area contributed by atoms with Gasteiger partial charge in [-0.15, -0.1) is 24.0 Å². The van der Waals surface area contributed by atoms with Crippen LogP contribution in [0.1, 0.15) is 26.7 Å². The number of nitrogens with two attached hydrogens (primary N) is 1. The highest BCUT2D eigenvalue weighted by atomic mass is 127. The number of hydrogen-bond donors (Lipinski definition) is 1. The highest BCUT2D eigenvalue weighted by molar-refractivity contribution is 14.0. The Morgan fingerprint density at radius 1 is 1.27 bits per heavy atom. The van der Waals surface area contributed by atoms with E-state index in [2.05, 4.69) is 0 Å². The van der Waals surface area contributed by atoms with Crippen molar-refractivity contribution in [1.29, 1.82) is 0 Å². The molecule has 2 amide bonds. The third-order valence-electron chi connectivity index (χ3n) is 1.30. The molecule has 68 valence electrons. The van der Waals surface area contributed by atoms with E-state index in [1.165, 1.54) is 0 Å². The summed E-state index contributed by atoms with van der Waals surface area (Å²) in [4.78, 5) is 12.3. The Kier molecular flexibility index (Phi) is 10.0. The number of hydrogen-bond acceptors (Lipinski definition) is 1. The summed E-state index contributed by atoms with van der Waals surface area (Å²) >= 11 is 0. The quantitative estimate of drug-likeness (QED) is 0.779. The number of primary amides is 1. The van der Waals surface area contributed by atoms with E-state index >= 15 is 0 Å². The van der Waals surface area contributed by atoms with Crippen LogP contribution in [0.25, 0.3) is 0 Å². The van der Waals surface area contributed by atoms with Gasteiger partial charge >= 0.3 is 6.03 Å². The largest absolute Gasteiger partial charge is 0.351 e. The molecular formula is C7H17IN2O. The standard InChI is InChI=1S/C7H16N2O.HI/c1-3-5-9(6-4-2)7(8)10;/h3-6H2,1-2H3,(H2,8,10);1H. The van der Waals surface area contributed by atoms with E-state index < -0.39 is 0 Å². The summed E-state index contributed by atoms with van der Waals surface area (Å²) in [5, 5.41) is 0. The van der Waals surface area contributed by atoms with Gasteiger partial charge in [0.05, 0.1) is 0 Å². The van der Waals surface area contributed by atoms with E-state index in [1.807, 2.05) is 13.8 Å². The number of carbonyl (C=O) groups is 1. The fourth-order valence-corrected chi connectivity index (χ4v) is 0.872. The highest BCUT2D eigenvalue weighted by Crippen LogP contribution is 1.92. The number of halogens is 1. The fraction of sp³-hybridized carbons (Fsp3) is 0.857. The summed E-state index contributed by atoms with van der Waals surface area (Å²) < 4.78 is 0. The minimum Gasteiger partial charge on any atom is -0.351 e. The molecule has 0 unspecified atom stereocenters. The molecule has 0 rings (SSSR count). The molecule has 0 aromatic heterocycles. The molecule has 0 aliphatic rings. The summed E-state index contributed by atoms with van der Waals surface area (Å²) in [7, 11) is 0. The summed E-state index contributed by atoms with van der Waals surface area (Å²) in [5.74, 6) is 0. The zero-order chi connectivity index (χ0) is 7.98. The summed E-state index contributed by atoms with van der Waals surface area (Å²) in [6.45, 7) is 5.63. The molecular weight excluding hydrogens is 255 g/mol. The molecule has 0 heterocycles. The number of urea groups is 1. The first-order chi connectivity index (χ1) is 4.72. The molecule has 4 heteroatoms. The van der Waals surface area contributed by atoms with Crippen LogP contribution in [-0.4, -0.2) is 24.0 Å². The van der Waals surface area contributed by atoms with Gasteiger partial charge in [-0.05, 0) is 12.8 Å². The Bertz CT molecular complexity index is 103. The first-order valence-electron chi connectivity index (χ1n) is 3.76. The second kappa shape index (κ2) is 8.10. The van der Waals surface area contributed by atoms with Crippen LogP contribution in [0.3, 0.4) is 0 Å². The van der Waals surface area contributed by atoms with Gasteiger partial charge in [0, 0.05) is 13.1 Å². The van der Waals surface area contributed by atoms with Gasteiger partial charge in [-0.1, -0.05) is 13.8 Å². The first-order valence-corrected chi connectivity index (χ1v) is 3.76. The topological polar surface area (TPSA) is 46.3 Å². The van der Waals surface area contributed by atoms with Gasteiger partial charge in [-0.2, -0.15) is 0 Å². The zero-order valence-corrected chi connectivity index (χ0v) is 9.50. The van der Waals surface area contributed by atoms with Gasteiger partial charge in [0.1, 0.15) is 0 Å². The molecule has 3 nitrogen and oxygen atoms in total. The maximum Gasteiger partial charge on any atom is 0.314 e. The van der Waals surface area contributed by atoms with E-state index in [0.717, 1.165) is 25.9 Å². The second-order valence-electron chi connectivity index (χ2n) is 2.33. The van der Waals surface area contributed by atoms with Crippen molar-refractivity contribution in [2.75, 3.05) is 13.1 Å². The van der Waals surface area contributed by atoms with Gasteiger partial charge < -0.3 is 10.6 Å². The normalized spacial score (nSPS) is 8.55. The molecule has 0 radical (unpaired) electrons. The summed E-state index contributed by atoms with van der Waals surface area (Å²) in [6.07, 6.45) is 1.95. The molecule has 0 aliphatic heterocycles. The molecule has 11 heavy (non-hydrogen) atoms. The van der Waals surface area contributed by atoms with Crippen LogP contribution in [-0.2, 0) is 0 Å². The number of rotatable bonds is 4. The van der Waals surface area contributed by atoms with E-state index in [0.29, 0.717) is 0 Å². The monoisotopic (exact) mass is 272 g/mol. The van der Waals surface area contributed by atoms with Gasteiger partial charge in [-0.25, -0.2) is 4.79 Å². The second-order valence-corrected chi connectivity index (χ2v) is 2.33. The van der Waals surface area contributed by atoms with Crippen LogP contribution in [0, 0.1) is 0 Å². The van der Waals surface area contributed by atoms with Crippen molar-refractivity contribution in [3.05, 3.63) is 0 Å². The summed E-state index contributed by atoms with van der Waals surface area (Å²) in [5.41, 5.74) is 5.10. The maximum atomic E-state index is 10.6. The number of amides is 2. The lowest BCUT2D eigenvalue weighted by molar-refractivity contribution is 0.207. The average molecular weight is 272 g/mol. The highest BCUT2D eigenvalue weighted by Gasteiger charge is 2.04. The van der Waals surface area contributed by atoms with E-state index in [4.69, 9.17) is 5.73 Å². The molecule has 0 fully saturated rings. The van der Waals surface area contributed by atoms with Crippen molar-refractivity contribution in [3.63, 3.8) is 0 Å². The van der Waals surface area contributed by atoms with Crippen molar-refractivity contribution in [2.45, 2.75) is 26.7 Å². The number of nitrogens with zero attached hydrogens (tertiary/aromatic N) is 1. The van der Waals surface area contributed by atoms with Crippen LogP contribution in [0.5, 0.6) is 0 Å². The van der Waals surface area contributed by atoms with Crippen LogP contribution >= 0.6 is 24.0 Å². The third-order valence-corrected chi connectivity index (χ3v) is 1.30. The predicted molar refractivity (Wildman–Crippen MR) is 57.2 cm³/mol. The lowest BCUT2D eigenvalue weighted by atomic mass is 10.4. The molecule has 0 aromatic carbocycles. The van der Waals surface area contributed by atoms with Crippen LogP contribution in [0.2, 0.25) is 0 Å². The van der Waals surface area contributed by atoms with Crippen molar-refractivity contribution < 1.29 is 4.79 Å². The Morgan fingerprint density at radius 3 is 1.82 bits per heavy atom. The van der Waals surface area contributed by atoms with Gasteiger partial charge in [0.15, 0.2) is 0 Å². The Labute approximate surface area is 85.3 Å². The average Bonchev–Trinajstić information content (AvgIpc) is 1.87. The zero-order valence-electron chi connectivity index (χ0n) is 7.17. The smallest absolute Gasteiger partial charge is 0.314 e. The Balaban J connectivity index is 0. The number of carbonyl (C=O) groups excluding carboxylic acids is 1. The summed E-state index contributed by atoms with van der Waals surface area (Å²) in [6, 6.07) is -0.302. The molecule has 2 N–H and O–H groups in total. The fourth-order valence-electron chi connectivity index (χ4n) is 0.872. The van der Waals surface area contributed by atoms with Gasteiger partial charge in [-0.3, -0.25) is 0 Å². The third kappa shape index (κ3) is 6.40. The molecule has 0 aliphatic carbocycles. The SMILES string of the molecule is CCCN(CCC)C(N)=O.I. The predicted octanol–water partition coefficient (Wildman–Crippen LogP) is 1.81. The molecule has 0 saturated heterocycles. The van der Waals surface area contributed by atoms with E-state index in [9.17, 15) is 4.79 Å². The van der Waals surface area contributed by atoms with E-state index in [1.54, 1.807) is 4.90 Å². The molecule has 0 atom stereocenters. The van der Waals surface area contributed by atoms with Crippen LogP contribution < -0.4 is 5.73 Å². The first kappa shape index (κ1) is 13.6. The molecule has 0 bridgehead atoms.